The third-order valence-electron chi connectivity index (χ3n) is 3.55. The van der Waals surface area contributed by atoms with Gasteiger partial charge in [0.2, 0.25) is 0 Å². The molecule has 3 heteroatoms. The molecule has 1 saturated carbocycles. The summed E-state index contributed by atoms with van der Waals surface area (Å²) in [5.41, 5.74) is 0.482. The molecule has 1 aliphatic rings. The van der Waals surface area contributed by atoms with Crippen LogP contribution in [0.2, 0.25) is 0 Å². The number of ketones is 1. The first-order valence-corrected chi connectivity index (χ1v) is 7.09. The summed E-state index contributed by atoms with van der Waals surface area (Å²) < 4.78 is 13.1. The molecule has 19 heavy (non-hydrogen) atoms. The van der Waals surface area contributed by atoms with E-state index in [1.165, 1.54) is 25.0 Å². The smallest absolute Gasteiger partial charge is 0.176 e. The second kappa shape index (κ2) is 6.29. The molecule has 0 heterocycles. The highest BCUT2D eigenvalue weighted by Gasteiger charge is 2.30. The molecule has 0 atom stereocenters. The van der Waals surface area contributed by atoms with Crippen LogP contribution in [0.4, 0.5) is 4.39 Å². The molecule has 0 aromatic heterocycles. The van der Waals surface area contributed by atoms with E-state index in [4.69, 9.17) is 0 Å². The molecule has 2 rings (SSSR count). The van der Waals surface area contributed by atoms with Gasteiger partial charge in [-0.15, -0.1) is 0 Å². The predicted octanol–water partition coefficient (Wildman–Crippen LogP) is 3.52. The van der Waals surface area contributed by atoms with E-state index < -0.39 is 0 Å². The zero-order chi connectivity index (χ0) is 13.8. The van der Waals surface area contributed by atoms with Crippen molar-refractivity contribution >= 4 is 5.78 Å². The molecule has 104 valence electrons. The van der Waals surface area contributed by atoms with Crippen molar-refractivity contribution in [3.05, 3.63) is 35.6 Å². The Hall–Kier alpha value is -1.22. The maximum absolute atomic E-state index is 13.1. The quantitative estimate of drug-likeness (QED) is 0.702. The largest absolute Gasteiger partial charge is 0.293 e. The fourth-order valence-corrected chi connectivity index (χ4v) is 2.19. The highest BCUT2D eigenvalue weighted by Crippen LogP contribution is 2.27. The van der Waals surface area contributed by atoms with E-state index >= 15 is 0 Å². The number of hydrogen-bond donors (Lipinski definition) is 0. The number of hydrogen-bond acceptors (Lipinski definition) is 2. The van der Waals surface area contributed by atoms with Gasteiger partial charge in [-0.2, -0.15) is 0 Å². The number of carbonyl (C=O) groups excluding carboxylic acids is 1. The molecule has 1 aromatic rings. The first-order chi connectivity index (χ1) is 9.06. The lowest BCUT2D eigenvalue weighted by molar-refractivity contribution is 0.0920. The van der Waals surface area contributed by atoms with E-state index in [-0.39, 0.29) is 11.6 Å². The van der Waals surface area contributed by atoms with Crippen LogP contribution in [0.3, 0.4) is 0 Å². The van der Waals surface area contributed by atoms with Crippen LogP contribution in [0.5, 0.6) is 0 Å². The van der Waals surface area contributed by atoms with Crippen LogP contribution >= 0.6 is 0 Å². The van der Waals surface area contributed by atoms with Crippen molar-refractivity contribution in [3.8, 4) is 0 Å². The maximum atomic E-state index is 13.1. The van der Waals surface area contributed by atoms with Crippen molar-refractivity contribution in [1.82, 2.24) is 4.90 Å². The predicted molar refractivity (Wildman–Crippen MR) is 74.8 cm³/mol. The molecule has 0 radical (unpaired) electrons. The second-order valence-corrected chi connectivity index (χ2v) is 5.82. The Labute approximate surface area is 114 Å². The molecule has 0 amide bonds. The van der Waals surface area contributed by atoms with Crippen molar-refractivity contribution in [3.63, 3.8) is 0 Å². The third kappa shape index (κ3) is 4.43. The fourth-order valence-electron chi connectivity index (χ4n) is 2.19. The van der Waals surface area contributed by atoms with Gasteiger partial charge in [0.05, 0.1) is 6.54 Å². The molecule has 0 N–H and O–H groups in total. The zero-order valence-corrected chi connectivity index (χ0v) is 11.7. The zero-order valence-electron chi connectivity index (χ0n) is 11.7. The molecule has 0 aliphatic heterocycles. The standard InChI is InChI=1S/C16H22FNO/c1-12(2)8-9-18(15-6-7-15)11-16(19)13-4-3-5-14(17)10-13/h3-5,10,12,15H,6-9,11H2,1-2H3. The van der Waals surface area contributed by atoms with E-state index in [1.807, 2.05) is 0 Å². The van der Waals surface area contributed by atoms with E-state index in [0.29, 0.717) is 24.1 Å². The van der Waals surface area contributed by atoms with Gasteiger partial charge in [-0.25, -0.2) is 4.39 Å². The van der Waals surface area contributed by atoms with Crippen LogP contribution in [0.1, 0.15) is 43.5 Å². The van der Waals surface area contributed by atoms with Crippen molar-refractivity contribution in [2.24, 2.45) is 5.92 Å². The SMILES string of the molecule is CC(C)CCN(CC(=O)c1cccc(F)c1)C1CC1. The van der Waals surface area contributed by atoms with Gasteiger partial charge in [-0.1, -0.05) is 26.0 Å². The molecule has 0 bridgehead atoms. The normalized spacial score (nSPS) is 15.2. The van der Waals surface area contributed by atoms with Gasteiger partial charge in [-0.3, -0.25) is 9.69 Å². The highest BCUT2D eigenvalue weighted by molar-refractivity contribution is 5.97. The molecule has 1 fully saturated rings. The number of halogens is 1. The van der Waals surface area contributed by atoms with E-state index in [2.05, 4.69) is 18.7 Å². The van der Waals surface area contributed by atoms with Crippen molar-refractivity contribution in [2.75, 3.05) is 13.1 Å². The van der Waals surface area contributed by atoms with Gasteiger partial charge in [0.25, 0.3) is 0 Å². The minimum absolute atomic E-state index is 0.0233. The molecule has 0 saturated heterocycles. The number of benzene rings is 1. The Bertz CT molecular complexity index is 440. The summed E-state index contributed by atoms with van der Waals surface area (Å²) in [5, 5.41) is 0. The summed E-state index contributed by atoms with van der Waals surface area (Å²) in [4.78, 5) is 14.4. The number of nitrogens with zero attached hydrogens (tertiary/aromatic N) is 1. The van der Waals surface area contributed by atoms with Crippen LogP contribution in [-0.4, -0.2) is 29.8 Å². The van der Waals surface area contributed by atoms with Crippen LogP contribution in [0.25, 0.3) is 0 Å². The van der Waals surface area contributed by atoms with Crippen LogP contribution < -0.4 is 0 Å². The first kappa shape index (κ1) is 14.2. The molecule has 1 aliphatic carbocycles. The second-order valence-electron chi connectivity index (χ2n) is 5.82. The van der Waals surface area contributed by atoms with Gasteiger partial charge in [0.1, 0.15) is 5.82 Å². The van der Waals surface area contributed by atoms with E-state index in [1.54, 1.807) is 12.1 Å². The van der Waals surface area contributed by atoms with E-state index in [0.717, 1.165) is 13.0 Å². The molecule has 0 spiro atoms. The van der Waals surface area contributed by atoms with Crippen LogP contribution in [0.15, 0.2) is 24.3 Å². The lowest BCUT2D eigenvalue weighted by Crippen LogP contribution is -2.33. The van der Waals surface area contributed by atoms with Crippen LogP contribution in [0, 0.1) is 11.7 Å². The Morgan fingerprint density at radius 3 is 2.74 bits per heavy atom. The average Bonchev–Trinajstić information content (AvgIpc) is 3.18. The summed E-state index contributed by atoms with van der Waals surface area (Å²) in [7, 11) is 0. The minimum Gasteiger partial charge on any atom is -0.293 e. The maximum Gasteiger partial charge on any atom is 0.176 e. The summed E-state index contributed by atoms with van der Waals surface area (Å²) in [6.45, 7) is 5.77. The minimum atomic E-state index is -0.342. The molecule has 2 nitrogen and oxygen atoms in total. The average molecular weight is 263 g/mol. The van der Waals surface area contributed by atoms with Crippen LogP contribution in [-0.2, 0) is 0 Å². The van der Waals surface area contributed by atoms with Gasteiger partial charge in [0.15, 0.2) is 5.78 Å². The molecular formula is C16H22FNO. The fraction of sp³-hybridized carbons (Fsp3) is 0.562. The third-order valence-corrected chi connectivity index (χ3v) is 3.55. The topological polar surface area (TPSA) is 20.3 Å². The molecule has 0 unspecified atom stereocenters. The monoisotopic (exact) mass is 263 g/mol. The first-order valence-electron chi connectivity index (χ1n) is 7.09. The van der Waals surface area contributed by atoms with Gasteiger partial charge in [0, 0.05) is 11.6 Å². The summed E-state index contributed by atoms with van der Waals surface area (Å²) >= 11 is 0. The summed E-state index contributed by atoms with van der Waals surface area (Å²) in [6.07, 6.45) is 3.48. The van der Waals surface area contributed by atoms with Crippen molar-refractivity contribution < 1.29 is 9.18 Å². The Morgan fingerprint density at radius 1 is 1.42 bits per heavy atom. The van der Waals surface area contributed by atoms with Crippen molar-refractivity contribution in [1.29, 1.82) is 0 Å². The summed E-state index contributed by atoms with van der Waals surface area (Å²) in [6, 6.07) is 6.55. The number of Topliss-reactive ketones (excluding diaryl/α,β-unsaturated/α-hetero) is 1. The highest BCUT2D eigenvalue weighted by atomic mass is 19.1. The van der Waals surface area contributed by atoms with E-state index in [9.17, 15) is 9.18 Å². The summed E-state index contributed by atoms with van der Waals surface area (Å²) in [5.74, 6) is 0.326. The number of carbonyl (C=O) groups is 1. The molecule has 1 aromatic carbocycles. The van der Waals surface area contributed by atoms with Crippen molar-refractivity contribution in [2.45, 2.75) is 39.2 Å². The number of rotatable bonds is 7. The Morgan fingerprint density at radius 2 is 2.16 bits per heavy atom. The lowest BCUT2D eigenvalue weighted by atomic mass is 10.1. The lowest BCUT2D eigenvalue weighted by Gasteiger charge is -2.22. The van der Waals surface area contributed by atoms with Gasteiger partial charge in [-0.05, 0) is 43.9 Å². The Kier molecular flexibility index (Phi) is 4.70. The van der Waals surface area contributed by atoms with Gasteiger partial charge >= 0.3 is 0 Å². The molecular weight excluding hydrogens is 241 g/mol. The Balaban J connectivity index is 1.95. The van der Waals surface area contributed by atoms with Gasteiger partial charge < -0.3 is 0 Å².